The minimum Gasteiger partial charge on any atom is -0.371 e. The van der Waals surface area contributed by atoms with Gasteiger partial charge in [0.25, 0.3) is 0 Å². The largest absolute Gasteiger partial charge is 0.371 e. The van der Waals surface area contributed by atoms with Crippen LogP contribution in [0.3, 0.4) is 0 Å². The van der Waals surface area contributed by atoms with Crippen molar-refractivity contribution in [3.05, 3.63) is 59.4 Å². The zero-order valence-corrected chi connectivity index (χ0v) is 14.4. The minimum atomic E-state index is 0.119. The van der Waals surface area contributed by atoms with Crippen LogP contribution < -0.4 is 10.2 Å². The van der Waals surface area contributed by atoms with Crippen LogP contribution in [-0.2, 0) is 11.2 Å². The lowest BCUT2D eigenvalue weighted by atomic mass is 10.1. The van der Waals surface area contributed by atoms with Gasteiger partial charge < -0.3 is 10.2 Å². The first-order chi connectivity index (χ1) is 11.7. The molecule has 0 aliphatic carbocycles. The molecule has 1 aromatic carbocycles. The summed E-state index contributed by atoms with van der Waals surface area (Å²) in [6, 6.07) is 11.9. The summed E-state index contributed by atoms with van der Waals surface area (Å²) >= 11 is 6.06. The van der Waals surface area contributed by atoms with Gasteiger partial charge in [0.15, 0.2) is 0 Å². The molecule has 2 aromatic rings. The maximum Gasteiger partial charge on any atom is 0.220 e. The number of hydrogen-bond acceptors (Lipinski definition) is 3. The molecule has 1 unspecified atom stereocenters. The lowest BCUT2D eigenvalue weighted by molar-refractivity contribution is -0.121. The molecule has 1 aromatic heterocycles. The number of amides is 1. The molecule has 5 heteroatoms. The number of anilines is 1. The molecule has 1 amide bonds. The number of carbonyl (C=O) groups is 1. The molecular formula is C19H22ClN3O. The first-order valence-corrected chi connectivity index (χ1v) is 8.74. The molecule has 1 saturated heterocycles. The Morgan fingerprint density at radius 1 is 1.29 bits per heavy atom. The highest BCUT2D eigenvalue weighted by Crippen LogP contribution is 2.25. The van der Waals surface area contributed by atoms with Crippen LogP contribution in [0.25, 0.3) is 0 Å². The molecule has 0 bridgehead atoms. The lowest BCUT2D eigenvalue weighted by Gasteiger charge is -2.19. The van der Waals surface area contributed by atoms with E-state index in [1.54, 1.807) is 12.4 Å². The van der Waals surface area contributed by atoms with Crippen LogP contribution in [0.2, 0.25) is 5.02 Å². The highest BCUT2D eigenvalue weighted by Gasteiger charge is 2.23. The van der Waals surface area contributed by atoms with E-state index >= 15 is 0 Å². The fourth-order valence-corrected chi connectivity index (χ4v) is 3.25. The summed E-state index contributed by atoms with van der Waals surface area (Å²) < 4.78 is 0. The van der Waals surface area contributed by atoms with Crippen molar-refractivity contribution in [3.8, 4) is 0 Å². The van der Waals surface area contributed by atoms with Crippen molar-refractivity contribution in [2.45, 2.75) is 19.3 Å². The summed E-state index contributed by atoms with van der Waals surface area (Å²) in [5.41, 5.74) is 2.31. The average Bonchev–Trinajstić information content (AvgIpc) is 3.08. The van der Waals surface area contributed by atoms with E-state index in [9.17, 15) is 4.79 Å². The second-order valence-corrected chi connectivity index (χ2v) is 6.68. The summed E-state index contributed by atoms with van der Waals surface area (Å²) in [4.78, 5) is 18.3. The molecule has 1 aliphatic rings. The van der Waals surface area contributed by atoms with Gasteiger partial charge in [-0.3, -0.25) is 9.78 Å². The van der Waals surface area contributed by atoms with Crippen molar-refractivity contribution < 1.29 is 4.79 Å². The van der Waals surface area contributed by atoms with Crippen molar-refractivity contribution in [2.75, 3.05) is 24.5 Å². The molecular weight excluding hydrogens is 322 g/mol. The SMILES string of the molecule is O=C(CCc1ccncc1)NCC1CCN(c2cccc(Cl)c2)C1. The fraction of sp³-hybridized carbons (Fsp3) is 0.368. The second-order valence-electron chi connectivity index (χ2n) is 6.24. The Balaban J connectivity index is 1.40. The van der Waals surface area contributed by atoms with Crippen molar-refractivity contribution in [1.29, 1.82) is 0 Å². The first-order valence-electron chi connectivity index (χ1n) is 8.37. The van der Waals surface area contributed by atoms with E-state index in [4.69, 9.17) is 11.6 Å². The van der Waals surface area contributed by atoms with Crippen LogP contribution in [0.1, 0.15) is 18.4 Å². The molecule has 3 rings (SSSR count). The van der Waals surface area contributed by atoms with E-state index < -0.39 is 0 Å². The van der Waals surface area contributed by atoms with E-state index in [1.807, 2.05) is 30.3 Å². The zero-order chi connectivity index (χ0) is 16.8. The molecule has 126 valence electrons. The number of nitrogens with zero attached hydrogens (tertiary/aromatic N) is 2. The summed E-state index contributed by atoms with van der Waals surface area (Å²) in [5.74, 6) is 0.613. The van der Waals surface area contributed by atoms with Gasteiger partial charge >= 0.3 is 0 Å². The van der Waals surface area contributed by atoms with Crippen LogP contribution in [0.15, 0.2) is 48.8 Å². The number of hydrogen-bond donors (Lipinski definition) is 1. The number of nitrogens with one attached hydrogen (secondary N) is 1. The molecule has 0 saturated carbocycles. The summed E-state index contributed by atoms with van der Waals surface area (Å²) in [7, 11) is 0. The standard InChI is InChI=1S/C19H22ClN3O/c20-17-2-1-3-18(12-17)23-11-8-16(14-23)13-22-19(24)5-4-15-6-9-21-10-7-15/h1-3,6-7,9-10,12,16H,4-5,8,11,13-14H2,(H,22,24). The molecule has 24 heavy (non-hydrogen) atoms. The Labute approximate surface area is 147 Å². The molecule has 1 atom stereocenters. The van der Waals surface area contributed by atoms with Gasteiger partial charge in [0.2, 0.25) is 5.91 Å². The molecule has 1 fully saturated rings. The number of benzene rings is 1. The predicted molar refractivity (Wildman–Crippen MR) is 97.3 cm³/mol. The van der Waals surface area contributed by atoms with Gasteiger partial charge in [-0.15, -0.1) is 0 Å². The van der Waals surface area contributed by atoms with Gasteiger partial charge in [-0.05, 0) is 54.7 Å². The first kappa shape index (κ1) is 16.8. The smallest absolute Gasteiger partial charge is 0.220 e. The number of rotatable bonds is 6. The van der Waals surface area contributed by atoms with E-state index in [1.165, 1.54) is 0 Å². The van der Waals surface area contributed by atoms with Crippen LogP contribution in [-0.4, -0.2) is 30.5 Å². The second kappa shape index (κ2) is 8.15. The van der Waals surface area contributed by atoms with E-state index in [0.717, 1.165) is 48.7 Å². The maximum atomic E-state index is 12.0. The zero-order valence-electron chi connectivity index (χ0n) is 13.6. The Bertz CT molecular complexity index is 677. The lowest BCUT2D eigenvalue weighted by Crippen LogP contribution is -2.31. The third-order valence-corrected chi connectivity index (χ3v) is 4.67. The third-order valence-electron chi connectivity index (χ3n) is 4.44. The normalized spacial score (nSPS) is 17.0. The predicted octanol–water partition coefficient (Wildman–Crippen LogP) is 3.31. The van der Waals surface area contributed by atoms with Crippen molar-refractivity contribution in [2.24, 2.45) is 5.92 Å². The molecule has 4 nitrogen and oxygen atoms in total. The van der Waals surface area contributed by atoms with Crippen LogP contribution in [0.4, 0.5) is 5.69 Å². The fourth-order valence-electron chi connectivity index (χ4n) is 3.06. The molecule has 1 aliphatic heterocycles. The molecule has 0 spiro atoms. The van der Waals surface area contributed by atoms with Crippen LogP contribution >= 0.6 is 11.6 Å². The van der Waals surface area contributed by atoms with Crippen molar-refractivity contribution >= 4 is 23.2 Å². The summed E-state index contributed by atoms with van der Waals surface area (Å²) in [5, 5.41) is 3.84. The quantitative estimate of drug-likeness (QED) is 0.875. The van der Waals surface area contributed by atoms with Crippen LogP contribution in [0.5, 0.6) is 0 Å². The Hall–Kier alpha value is -2.07. The third kappa shape index (κ3) is 4.71. The summed E-state index contributed by atoms with van der Waals surface area (Å²) in [6.07, 6.45) is 5.89. The number of aryl methyl sites for hydroxylation is 1. The van der Waals surface area contributed by atoms with Crippen LogP contribution in [0, 0.1) is 5.92 Å². The number of aromatic nitrogens is 1. The Kier molecular flexibility index (Phi) is 5.70. The minimum absolute atomic E-state index is 0.119. The monoisotopic (exact) mass is 343 g/mol. The van der Waals surface area contributed by atoms with E-state index in [2.05, 4.69) is 21.3 Å². The maximum absolute atomic E-state index is 12.0. The van der Waals surface area contributed by atoms with Gasteiger partial charge in [0.05, 0.1) is 0 Å². The van der Waals surface area contributed by atoms with Gasteiger partial charge in [0, 0.05) is 49.2 Å². The number of halogens is 1. The van der Waals surface area contributed by atoms with Gasteiger partial charge in [-0.2, -0.15) is 0 Å². The number of pyridine rings is 1. The highest BCUT2D eigenvalue weighted by molar-refractivity contribution is 6.30. The van der Waals surface area contributed by atoms with E-state index in [-0.39, 0.29) is 5.91 Å². The molecule has 2 heterocycles. The Morgan fingerprint density at radius 3 is 2.92 bits per heavy atom. The van der Waals surface area contributed by atoms with Gasteiger partial charge in [-0.25, -0.2) is 0 Å². The Morgan fingerprint density at radius 2 is 2.12 bits per heavy atom. The molecule has 1 N–H and O–H groups in total. The van der Waals surface area contributed by atoms with Crippen molar-refractivity contribution in [1.82, 2.24) is 10.3 Å². The van der Waals surface area contributed by atoms with Crippen molar-refractivity contribution in [3.63, 3.8) is 0 Å². The van der Waals surface area contributed by atoms with Gasteiger partial charge in [0.1, 0.15) is 0 Å². The van der Waals surface area contributed by atoms with Gasteiger partial charge in [-0.1, -0.05) is 17.7 Å². The topological polar surface area (TPSA) is 45.2 Å². The average molecular weight is 344 g/mol. The highest BCUT2D eigenvalue weighted by atomic mass is 35.5. The van der Waals surface area contributed by atoms with E-state index in [0.29, 0.717) is 12.3 Å². The number of carbonyl (C=O) groups excluding carboxylic acids is 1. The molecule has 0 radical (unpaired) electrons. The summed E-state index contributed by atoms with van der Waals surface area (Å²) in [6.45, 7) is 2.72.